The fourth-order valence-electron chi connectivity index (χ4n) is 4.07. The van der Waals surface area contributed by atoms with E-state index in [1.165, 1.54) is 5.01 Å². The lowest BCUT2D eigenvalue weighted by atomic mass is 9.86. The van der Waals surface area contributed by atoms with Gasteiger partial charge in [0.05, 0.1) is 23.7 Å². The van der Waals surface area contributed by atoms with Crippen LogP contribution in [0.2, 0.25) is 0 Å². The van der Waals surface area contributed by atoms with Crippen molar-refractivity contribution < 1.29 is 4.79 Å². The number of nitrogens with zero attached hydrogens (tertiary/aromatic N) is 4. The van der Waals surface area contributed by atoms with Crippen molar-refractivity contribution in [2.45, 2.75) is 56.5 Å². The molecule has 2 aliphatic rings. The zero-order valence-electron chi connectivity index (χ0n) is 14.7. The van der Waals surface area contributed by atoms with Crippen LogP contribution in [0.15, 0.2) is 18.3 Å². The molecule has 1 aliphatic carbocycles. The fourth-order valence-corrected chi connectivity index (χ4v) is 5.14. The zero-order valence-corrected chi connectivity index (χ0v) is 15.5. The summed E-state index contributed by atoms with van der Waals surface area (Å²) in [4.78, 5) is 24.4. The van der Waals surface area contributed by atoms with E-state index in [0.29, 0.717) is 12.5 Å². The van der Waals surface area contributed by atoms with Crippen LogP contribution >= 0.6 is 11.3 Å². The van der Waals surface area contributed by atoms with Crippen molar-refractivity contribution in [3.8, 4) is 6.07 Å². The van der Waals surface area contributed by atoms with Crippen LogP contribution in [0.1, 0.15) is 49.5 Å². The van der Waals surface area contributed by atoms with Crippen LogP contribution in [-0.4, -0.2) is 45.9 Å². The molecule has 136 valence electrons. The summed E-state index contributed by atoms with van der Waals surface area (Å²) in [6, 6.07) is 6.39. The summed E-state index contributed by atoms with van der Waals surface area (Å²) >= 11 is 1.70. The predicted octanol–water partition coefficient (Wildman–Crippen LogP) is 2.82. The second-order valence-corrected chi connectivity index (χ2v) is 8.26. The third-order valence-electron chi connectivity index (χ3n) is 5.48. The summed E-state index contributed by atoms with van der Waals surface area (Å²) in [6.45, 7) is 1.20. The van der Waals surface area contributed by atoms with Crippen molar-refractivity contribution in [2.75, 3.05) is 13.1 Å². The smallest absolute Gasteiger partial charge is 0.234 e. The van der Waals surface area contributed by atoms with Crippen LogP contribution in [0.4, 0.5) is 0 Å². The predicted molar refractivity (Wildman–Crippen MR) is 101 cm³/mol. The topological polar surface area (TPSA) is 81.9 Å². The van der Waals surface area contributed by atoms with Crippen LogP contribution in [0.5, 0.6) is 0 Å². The number of hydrogen-bond acceptors (Lipinski definition) is 6. The van der Waals surface area contributed by atoms with Crippen LogP contribution in [0.25, 0.3) is 10.3 Å². The highest BCUT2D eigenvalue weighted by Gasteiger charge is 2.29. The average Bonchev–Trinajstić information content (AvgIpc) is 3.28. The maximum atomic E-state index is 12.3. The second-order valence-electron chi connectivity index (χ2n) is 7.25. The summed E-state index contributed by atoms with van der Waals surface area (Å²) in [6.07, 6.45) is 7.78. The van der Waals surface area contributed by atoms with Crippen molar-refractivity contribution in [1.82, 2.24) is 20.2 Å². The average molecular weight is 369 g/mol. The Hall–Kier alpha value is -2.04. The molecule has 1 saturated carbocycles. The number of likely N-dealkylation sites (tertiary alicyclic amines) is 1. The molecule has 2 aromatic heterocycles. The number of carbonyl (C=O) groups is 1. The highest BCUT2D eigenvalue weighted by molar-refractivity contribution is 7.18. The summed E-state index contributed by atoms with van der Waals surface area (Å²) in [7, 11) is 0. The number of nitrogens with one attached hydrogen (secondary N) is 1. The Kier molecular flexibility index (Phi) is 5.14. The first-order chi connectivity index (χ1) is 12.7. The molecule has 7 heteroatoms. The SMILES string of the molecule is N#C[C@@H]1CCCN1CC(=O)NC1CCC(c2nc3cccnc3s2)CC1. The van der Waals surface area contributed by atoms with Crippen LogP contribution in [0.3, 0.4) is 0 Å². The maximum absolute atomic E-state index is 12.3. The number of rotatable bonds is 4. The molecule has 0 radical (unpaired) electrons. The van der Waals surface area contributed by atoms with E-state index in [4.69, 9.17) is 10.2 Å². The van der Waals surface area contributed by atoms with Crippen LogP contribution in [-0.2, 0) is 4.79 Å². The second kappa shape index (κ2) is 7.68. The van der Waals surface area contributed by atoms with E-state index in [1.807, 2.05) is 23.2 Å². The monoisotopic (exact) mass is 369 g/mol. The molecule has 1 atom stereocenters. The molecule has 1 N–H and O–H groups in total. The molecule has 2 aromatic rings. The highest BCUT2D eigenvalue weighted by Crippen LogP contribution is 2.36. The molecule has 1 saturated heterocycles. The quantitative estimate of drug-likeness (QED) is 0.896. The summed E-state index contributed by atoms with van der Waals surface area (Å²) in [5, 5.41) is 13.5. The van der Waals surface area contributed by atoms with E-state index in [9.17, 15) is 4.79 Å². The molecule has 6 nitrogen and oxygen atoms in total. The standard InChI is InChI=1S/C19H23N5OS/c20-11-15-3-2-10-24(15)12-17(25)22-14-7-5-13(6-8-14)18-23-16-4-1-9-21-19(16)26-18/h1,4,9,13-15H,2-3,5-8,10,12H2,(H,22,25)/t13?,14?,15-/m0/s1. The summed E-state index contributed by atoms with van der Waals surface area (Å²) < 4.78 is 0. The van der Waals surface area contributed by atoms with Gasteiger partial charge in [0.1, 0.15) is 10.3 Å². The van der Waals surface area contributed by atoms with E-state index in [0.717, 1.165) is 55.4 Å². The van der Waals surface area contributed by atoms with Crippen molar-refractivity contribution in [3.63, 3.8) is 0 Å². The Labute approximate surface area is 157 Å². The van der Waals surface area contributed by atoms with Gasteiger partial charge in [-0.05, 0) is 50.7 Å². The first-order valence-corrected chi connectivity index (χ1v) is 10.2. The Morgan fingerprint density at radius 2 is 2.19 bits per heavy atom. The molecule has 1 amide bonds. The lowest BCUT2D eigenvalue weighted by Crippen LogP contribution is -2.44. The molecule has 0 aromatic carbocycles. The maximum Gasteiger partial charge on any atom is 0.234 e. The van der Waals surface area contributed by atoms with E-state index < -0.39 is 0 Å². The Morgan fingerprint density at radius 3 is 2.96 bits per heavy atom. The third-order valence-corrected chi connectivity index (χ3v) is 6.63. The number of amides is 1. The van der Waals surface area contributed by atoms with Gasteiger partial charge in [-0.1, -0.05) is 11.3 Å². The first-order valence-electron chi connectivity index (χ1n) is 9.37. The summed E-state index contributed by atoms with van der Waals surface area (Å²) in [5.41, 5.74) is 0.987. The van der Waals surface area contributed by atoms with Crippen molar-refractivity contribution in [2.24, 2.45) is 0 Å². The molecule has 1 aliphatic heterocycles. The van der Waals surface area contributed by atoms with Crippen molar-refractivity contribution >= 4 is 27.6 Å². The molecule has 2 fully saturated rings. The van der Waals surface area contributed by atoms with Gasteiger partial charge in [-0.2, -0.15) is 5.26 Å². The van der Waals surface area contributed by atoms with E-state index in [-0.39, 0.29) is 18.0 Å². The molecule has 26 heavy (non-hydrogen) atoms. The van der Waals surface area contributed by atoms with Gasteiger partial charge < -0.3 is 5.32 Å². The van der Waals surface area contributed by atoms with Crippen LogP contribution in [0, 0.1) is 11.3 Å². The number of carbonyl (C=O) groups excluding carboxylic acids is 1. The van der Waals surface area contributed by atoms with Crippen molar-refractivity contribution in [1.29, 1.82) is 5.26 Å². The van der Waals surface area contributed by atoms with Gasteiger partial charge >= 0.3 is 0 Å². The number of thiazole rings is 1. The third kappa shape index (κ3) is 3.71. The first kappa shape index (κ1) is 17.4. The molecule has 0 spiro atoms. The lowest BCUT2D eigenvalue weighted by Gasteiger charge is -2.29. The number of pyridine rings is 1. The van der Waals surface area contributed by atoms with Gasteiger partial charge in [0.25, 0.3) is 0 Å². The lowest BCUT2D eigenvalue weighted by molar-refractivity contribution is -0.123. The zero-order chi connectivity index (χ0) is 17.9. The minimum atomic E-state index is -0.0934. The summed E-state index contributed by atoms with van der Waals surface area (Å²) in [5.74, 6) is 0.531. The number of fused-ring (bicyclic) bond motifs is 1. The van der Waals surface area contributed by atoms with Gasteiger partial charge in [-0.25, -0.2) is 9.97 Å². The van der Waals surface area contributed by atoms with E-state index >= 15 is 0 Å². The Bertz CT molecular complexity index is 788. The van der Waals surface area contributed by atoms with Gasteiger partial charge in [0, 0.05) is 24.7 Å². The Balaban J connectivity index is 1.28. The van der Waals surface area contributed by atoms with Gasteiger partial charge in [0.2, 0.25) is 5.91 Å². The minimum Gasteiger partial charge on any atom is -0.352 e. The number of hydrogen-bond donors (Lipinski definition) is 1. The molecule has 4 rings (SSSR count). The molecular weight excluding hydrogens is 346 g/mol. The Morgan fingerprint density at radius 1 is 1.35 bits per heavy atom. The van der Waals surface area contributed by atoms with E-state index in [2.05, 4.69) is 16.4 Å². The van der Waals surface area contributed by atoms with E-state index in [1.54, 1.807) is 11.3 Å². The van der Waals surface area contributed by atoms with Crippen LogP contribution < -0.4 is 5.32 Å². The minimum absolute atomic E-state index is 0.0554. The largest absolute Gasteiger partial charge is 0.352 e. The molecule has 3 heterocycles. The number of nitriles is 1. The fraction of sp³-hybridized carbons (Fsp3) is 0.579. The van der Waals surface area contributed by atoms with Gasteiger partial charge in [0.15, 0.2) is 0 Å². The van der Waals surface area contributed by atoms with Crippen molar-refractivity contribution in [3.05, 3.63) is 23.3 Å². The molecule has 0 unspecified atom stereocenters. The molecular formula is C19H23N5OS. The molecule has 0 bridgehead atoms. The van der Waals surface area contributed by atoms with Gasteiger partial charge in [-0.3, -0.25) is 9.69 Å². The number of aromatic nitrogens is 2. The van der Waals surface area contributed by atoms with Gasteiger partial charge in [-0.15, -0.1) is 0 Å². The normalized spacial score (nSPS) is 26.7. The highest BCUT2D eigenvalue weighted by atomic mass is 32.1.